The van der Waals surface area contributed by atoms with E-state index in [1.807, 2.05) is 0 Å². The highest BCUT2D eigenvalue weighted by molar-refractivity contribution is 9.10. The summed E-state index contributed by atoms with van der Waals surface area (Å²) in [6.07, 6.45) is -2.81. The van der Waals surface area contributed by atoms with Crippen molar-refractivity contribution in [3.63, 3.8) is 0 Å². The van der Waals surface area contributed by atoms with Gasteiger partial charge in [-0.25, -0.2) is 27.3 Å². The molecule has 0 saturated carbocycles. The predicted molar refractivity (Wildman–Crippen MR) is 53.3 cm³/mol. The van der Waals surface area contributed by atoms with Gasteiger partial charge >= 0.3 is 0 Å². The van der Waals surface area contributed by atoms with Crippen LogP contribution in [0.5, 0.6) is 0 Å². The summed E-state index contributed by atoms with van der Waals surface area (Å²) in [6.45, 7) is 0. The van der Waals surface area contributed by atoms with Crippen LogP contribution < -0.4 is 5.14 Å². The maximum absolute atomic E-state index is 12.3. The molecule has 1 rings (SSSR count). The SMILES string of the molecule is NS(=O)(=O)c1nc(Br)c(C(F)F)cc1Cl. The summed E-state index contributed by atoms with van der Waals surface area (Å²) in [4.78, 5) is 3.36. The van der Waals surface area contributed by atoms with Crippen molar-refractivity contribution in [1.29, 1.82) is 0 Å². The maximum atomic E-state index is 12.3. The lowest BCUT2D eigenvalue weighted by Crippen LogP contribution is -2.15. The molecule has 0 spiro atoms. The van der Waals surface area contributed by atoms with Gasteiger partial charge in [-0.05, 0) is 22.0 Å². The molecule has 0 bridgehead atoms. The van der Waals surface area contributed by atoms with Gasteiger partial charge in [-0.15, -0.1) is 0 Å². The van der Waals surface area contributed by atoms with E-state index in [9.17, 15) is 17.2 Å². The molecular formula is C6H4BrClF2N2O2S. The van der Waals surface area contributed by atoms with E-state index in [2.05, 4.69) is 20.9 Å². The first-order valence-electron chi connectivity index (χ1n) is 3.40. The van der Waals surface area contributed by atoms with Gasteiger partial charge in [0.2, 0.25) is 0 Å². The highest BCUT2D eigenvalue weighted by Gasteiger charge is 2.21. The average molecular weight is 322 g/mol. The molecule has 0 fully saturated rings. The molecule has 0 unspecified atom stereocenters. The lowest BCUT2D eigenvalue weighted by atomic mass is 10.3. The van der Waals surface area contributed by atoms with Crippen molar-refractivity contribution in [2.45, 2.75) is 11.5 Å². The Hall–Kier alpha value is -0.310. The Balaban J connectivity index is 3.46. The summed E-state index contributed by atoms with van der Waals surface area (Å²) in [5, 5.41) is 3.70. The number of pyridine rings is 1. The first-order valence-corrected chi connectivity index (χ1v) is 6.12. The molecule has 2 N–H and O–H groups in total. The van der Waals surface area contributed by atoms with E-state index in [4.69, 9.17) is 16.7 Å². The smallest absolute Gasteiger partial charge is 0.226 e. The van der Waals surface area contributed by atoms with Crippen LogP contribution in [0.15, 0.2) is 15.7 Å². The number of primary sulfonamides is 1. The molecule has 0 amide bonds. The van der Waals surface area contributed by atoms with Crippen LogP contribution in [0.4, 0.5) is 8.78 Å². The molecule has 9 heteroatoms. The van der Waals surface area contributed by atoms with Crippen LogP contribution in [0.25, 0.3) is 0 Å². The van der Waals surface area contributed by atoms with Crippen LogP contribution in [0.3, 0.4) is 0 Å². The monoisotopic (exact) mass is 320 g/mol. The Morgan fingerprint density at radius 3 is 2.47 bits per heavy atom. The molecule has 0 atom stereocenters. The molecule has 0 aliphatic carbocycles. The van der Waals surface area contributed by atoms with Crippen molar-refractivity contribution in [3.8, 4) is 0 Å². The molecule has 4 nitrogen and oxygen atoms in total. The van der Waals surface area contributed by atoms with E-state index < -0.39 is 32.1 Å². The number of halogens is 4. The largest absolute Gasteiger partial charge is 0.266 e. The molecular weight excluding hydrogens is 317 g/mol. The Bertz CT molecular complexity index is 494. The van der Waals surface area contributed by atoms with Crippen molar-refractivity contribution >= 4 is 37.6 Å². The van der Waals surface area contributed by atoms with Crippen LogP contribution in [0.1, 0.15) is 12.0 Å². The molecule has 0 aliphatic rings. The topological polar surface area (TPSA) is 73.1 Å². The molecule has 1 aromatic rings. The molecule has 15 heavy (non-hydrogen) atoms. The van der Waals surface area contributed by atoms with Gasteiger partial charge in [0.05, 0.1) is 10.6 Å². The Morgan fingerprint density at radius 2 is 2.07 bits per heavy atom. The van der Waals surface area contributed by atoms with E-state index in [1.54, 1.807) is 0 Å². The summed E-state index contributed by atoms with van der Waals surface area (Å²) in [6, 6.07) is 0.809. The maximum Gasteiger partial charge on any atom is 0.266 e. The zero-order valence-electron chi connectivity index (χ0n) is 6.92. The van der Waals surface area contributed by atoms with Gasteiger partial charge in [-0.1, -0.05) is 11.6 Å². The molecule has 0 saturated heterocycles. The number of rotatable bonds is 2. The first-order chi connectivity index (χ1) is 6.73. The van der Waals surface area contributed by atoms with Gasteiger partial charge in [0.1, 0.15) is 4.60 Å². The lowest BCUT2D eigenvalue weighted by Gasteiger charge is -2.06. The highest BCUT2D eigenvalue weighted by Crippen LogP contribution is 2.31. The van der Waals surface area contributed by atoms with Crippen LogP contribution in [-0.2, 0) is 10.0 Å². The first kappa shape index (κ1) is 12.8. The number of aromatic nitrogens is 1. The number of alkyl halides is 2. The van der Waals surface area contributed by atoms with Gasteiger partial charge in [0.15, 0.2) is 5.03 Å². The highest BCUT2D eigenvalue weighted by atomic mass is 79.9. The molecule has 0 aliphatic heterocycles. The zero-order chi connectivity index (χ0) is 11.8. The summed E-state index contributed by atoms with van der Waals surface area (Å²) in [7, 11) is -4.12. The fourth-order valence-electron chi connectivity index (χ4n) is 0.817. The summed E-state index contributed by atoms with van der Waals surface area (Å²) >= 11 is 8.16. The van der Waals surface area contributed by atoms with Gasteiger partial charge < -0.3 is 0 Å². The Morgan fingerprint density at radius 1 is 1.53 bits per heavy atom. The number of nitrogens with two attached hydrogens (primary N) is 1. The molecule has 0 radical (unpaired) electrons. The number of hydrogen-bond donors (Lipinski definition) is 1. The quantitative estimate of drug-likeness (QED) is 0.848. The number of nitrogens with zero attached hydrogens (tertiary/aromatic N) is 1. The second kappa shape index (κ2) is 4.28. The minimum Gasteiger partial charge on any atom is -0.226 e. The van der Waals surface area contributed by atoms with Crippen LogP contribution in [0, 0.1) is 0 Å². The van der Waals surface area contributed by atoms with Gasteiger partial charge in [0.25, 0.3) is 16.4 Å². The average Bonchev–Trinajstić information content (AvgIpc) is 2.06. The van der Waals surface area contributed by atoms with Gasteiger partial charge in [0, 0.05) is 0 Å². The number of sulfonamides is 1. The van der Waals surface area contributed by atoms with Gasteiger partial charge in [-0.2, -0.15) is 0 Å². The minimum absolute atomic E-state index is 0.300. The second-order valence-corrected chi connectivity index (χ2v) is 5.14. The molecule has 0 aromatic carbocycles. The summed E-state index contributed by atoms with van der Waals surface area (Å²) in [5.74, 6) is 0. The second-order valence-electron chi connectivity index (χ2n) is 2.50. The van der Waals surface area contributed by atoms with Crippen LogP contribution in [-0.4, -0.2) is 13.4 Å². The Labute approximate surface area is 97.6 Å². The van der Waals surface area contributed by atoms with Crippen molar-refractivity contribution in [1.82, 2.24) is 4.98 Å². The third-order valence-electron chi connectivity index (χ3n) is 1.43. The van der Waals surface area contributed by atoms with E-state index >= 15 is 0 Å². The molecule has 84 valence electrons. The summed E-state index contributed by atoms with van der Waals surface area (Å²) < 4.78 is 46.2. The van der Waals surface area contributed by atoms with Crippen LogP contribution in [0.2, 0.25) is 5.02 Å². The van der Waals surface area contributed by atoms with E-state index in [1.165, 1.54) is 0 Å². The van der Waals surface area contributed by atoms with E-state index in [0.29, 0.717) is 0 Å². The number of hydrogen-bond acceptors (Lipinski definition) is 3. The van der Waals surface area contributed by atoms with E-state index in [0.717, 1.165) is 6.07 Å². The van der Waals surface area contributed by atoms with Crippen molar-refractivity contribution in [2.75, 3.05) is 0 Å². The molecule has 1 heterocycles. The van der Waals surface area contributed by atoms with Crippen molar-refractivity contribution in [3.05, 3.63) is 21.3 Å². The molecule has 1 aromatic heterocycles. The lowest BCUT2D eigenvalue weighted by molar-refractivity contribution is 0.150. The fourth-order valence-corrected chi connectivity index (χ4v) is 2.43. The third-order valence-corrected chi connectivity index (χ3v) is 3.31. The summed E-state index contributed by atoms with van der Waals surface area (Å²) in [5.41, 5.74) is -0.493. The van der Waals surface area contributed by atoms with Crippen molar-refractivity contribution < 1.29 is 17.2 Å². The minimum atomic E-state index is -4.12. The Kier molecular flexibility index (Phi) is 3.64. The van der Waals surface area contributed by atoms with Crippen LogP contribution >= 0.6 is 27.5 Å². The zero-order valence-corrected chi connectivity index (χ0v) is 10.1. The standard InChI is InChI=1S/C6H4BrClF2N2O2S/c7-4-2(5(9)10)1-3(8)6(12-4)15(11,13)14/h1,5H,(H2,11,13,14). The third kappa shape index (κ3) is 2.83. The van der Waals surface area contributed by atoms with Crippen molar-refractivity contribution in [2.24, 2.45) is 5.14 Å². The normalized spacial score (nSPS) is 12.1. The van der Waals surface area contributed by atoms with E-state index in [-0.39, 0.29) is 4.60 Å². The fraction of sp³-hybridized carbons (Fsp3) is 0.167. The van der Waals surface area contributed by atoms with Gasteiger partial charge in [-0.3, -0.25) is 0 Å². The predicted octanol–water partition coefficient (Wildman–Crippen LogP) is 2.08.